The Morgan fingerprint density at radius 2 is 1.67 bits per heavy atom. The monoisotopic (exact) mass is 480 g/mol. The number of hydrogen-bond acceptors (Lipinski definition) is 4. The van der Waals surface area contributed by atoms with Gasteiger partial charge in [0.2, 0.25) is 10.0 Å². The molecule has 0 aliphatic heterocycles. The Bertz CT molecular complexity index is 1140. The molecular weight excluding hydrogens is 463 g/mol. The first-order valence-corrected chi connectivity index (χ1v) is 11.5. The number of primary sulfonamides is 1. The van der Waals surface area contributed by atoms with Gasteiger partial charge < -0.3 is 10.2 Å². The van der Waals surface area contributed by atoms with Gasteiger partial charge in [0.1, 0.15) is 0 Å². The van der Waals surface area contributed by atoms with Crippen molar-refractivity contribution in [2.45, 2.75) is 18.0 Å². The number of rotatable bonds is 6. The Labute approximate surface area is 190 Å². The molecule has 30 heavy (non-hydrogen) atoms. The number of nitrogens with zero attached hydrogens (tertiary/aromatic N) is 2. The van der Waals surface area contributed by atoms with Gasteiger partial charge in [-0.05, 0) is 71.9 Å². The molecule has 0 aliphatic rings. The Hall–Kier alpha value is -2.23. The average Bonchev–Trinajstić information content (AvgIpc) is 2.73. The van der Waals surface area contributed by atoms with E-state index < -0.39 is 10.0 Å². The lowest BCUT2D eigenvalue weighted by Gasteiger charge is -2.26. The van der Waals surface area contributed by atoms with Crippen molar-refractivity contribution in [2.24, 2.45) is 5.14 Å². The molecule has 0 unspecified atom stereocenters. The van der Waals surface area contributed by atoms with E-state index in [1.807, 2.05) is 23.1 Å². The molecule has 0 saturated carbocycles. The molecule has 6 nitrogen and oxygen atoms in total. The highest BCUT2D eigenvalue weighted by molar-refractivity contribution is 7.89. The van der Waals surface area contributed by atoms with Crippen molar-refractivity contribution in [1.29, 1.82) is 0 Å². The van der Waals surface area contributed by atoms with E-state index in [0.29, 0.717) is 33.9 Å². The molecular formula is C20H18Cl2N4O2S2. The van der Waals surface area contributed by atoms with Crippen LogP contribution in [0.4, 0.5) is 5.69 Å². The van der Waals surface area contributed by atoms with E-state index in [0.717, 1.165) is 11.1 Å². The second-order valence-corrected chi connectivity index (χ2v) is 9.15. The number of nitrogens with one attached hydrogen (secondary N) is 1. The van der Waals surface area contributed by atoms with Gasteiger partial charge in [-0.3, -0.25) is 4.98 Å². The summed E-state index contributed by atoms with van der Waals surface area (Å²) in [5, 5.41) is 9.77. The van der Waals surface area contributed by atoms with Gasteiger partial charge in [-0.1, -0.05) is 29.3 Å². The van der Waals surface area contributed by atoms with E-state index in [-0.39, 0.29) is 4.90 Å². The highest BCUT2D eigenvalue weighted by Gasteiger charge is 2.15. The SMILES string of the molecule is NS(=O)(=O)c1ccc(N(Cc2ccc(Cl)c(Cl)c2)C(=S)NCc2ccncc2)cc1. The van der Waals surface area contributed by atoms with Gasteiger partial charge in [0, 0.05) is 24.6 Å². The molecule has 0 amide bonds. The Kier molecular flexibility index (Phi) is 7.27. The first-order chi connectivity index (χ1) is 14.2. The molecule has 2 aromatic carbocycles. The van der Waals surface area contributed by atoms with Crippen molar-refractivity contribution in [2.75, 3.05) is 4.90 Å². The molecule has 3 N–H and O–H groups in total. The van der Waals surface area contributed by atoms with Gasteiger partial charge in [0.05, 0.1) is 21.5 Å². The molecule has 1 aromatic heterocycles. The minimum absolute atomic E-state index is 0.0244. The molecule has 0 aliphatic carbocycles. The summed E-state index contributed by atoms with van der Waals surface area (Å²) in [7, 11) is -3.79. The fraction of sp³-hybridized carbons (Fsp3) is 0.100. The zero-order valence-electron chi connectivity index (χ0n) is 15.6. The van der Waals surface area contributed by atoms with Gasteiger partial charge >= 0.3 is 0 Å². The van der Waals surface area contributed by atoms with Crippen molar-refractivity contribution in [3.05, 3.63) is 88.2 Å². The van der Waals surface area contributed by atoms with Crippen LogP contribution in [0.2, 0.25) is 10.0 Å². The average molecular weight is 481 g/mol. The van der Waals surface area contributed by atoms with E-state index in [9.17, 15) is 8.42 Å². The van der Waals surface area contributed by atoms with Crippen LogP contribution >= 0.6 is 35.4 Å². The van der Waals surface area contributed by atoms with E-state index in [4.69, 9.17) is 40.6 Å². The molecule has 0 radical (unpaired) electrons. The Morgan fingerprint density at radius 1 is 1.00 bits per heavy atom. The molecule has 0 atom stereocenters. The van der Waals surface area contributed by atoms with E-state index in [2.05, 4.69) is 10.3 Å². The summed E-state index contributed by atoms with van der Waals surface area (Å²) in [6, 6.07) is 15.3. The molecule has 0 fully saturated rings. The number of sulfonamides is 1. The number of thiocarbonyl (C=S) groups is 1. The predicted octanol–water partition coefficient (Wildman–Crippen LogP) is 4.12. The van der Waals surface area contributed by atoms with Crippen LogP contribution in [0.5, 0.6) is 0 Å². The topological polar surface area (TPSA) is 88.3 Å². The molecule has 10 heteroatoms. The lowest BCUT2D eigenvalue weighted by Crippen LogP contribution is -2.39. The summed E-state index contributed by atoms with van der Waals surface area (Å²) in [6.45, 7) is 0.905. The number of aromatic nitrogens is 1. The fourth-order valence-electron chi connectivity index (χ4n) is 2.69. The number of halogens is 2. The quantitative estimate of drug-likeness (QED) is 0.515. The van der Waals surface area contributed by atoms with Crippen LogP contribution < -0.4 is 15.4 Å². The second-order valence-electron chi connectivity index (χ2n) is 6.39. The highest BCUT2D eigenvalue weighted by atomic mass is 35.5. The first-order valence-electron chi connectivity index (χ1n) is 8.75. The van der Waals surface area contributed by atoms with Crippen LogP contribution in [0.15, 0.2) is 71.9 Å². The minimum atomic E-state index is -3.79. The van der Waals surface area contributed by atoms with Crippen LogP contribution in [-0.2, 0) is 23.1 Å². The van der Waals surface area contributed by atoms with Gasteiger partial charge in [-0.2, -0.15) is 0 Å². The van der Waals surface area contributed by atoms with Crippen molar-refractivity contribution >= 4 is 56.2 Å². The third kappa shape index (κ3) is 5.90. The summed E-state index contributed by atoms with van der Waals surface area (Å²) in [5.74, 6) is 0. The zero-order valence-corrected chi connectivity index (χ0v) is 18.8. The third-order valence-electron chi connectivity index (χ3n) is 4.24. The molecule has 0 spiro atoms. The maximum atomic E-state index is 11.6. The van der Waals surface area contributed by atoms with E-state index in [1.54, 1.807) is 36.7 Å². The number of benzene rings is 2. The zero-order chi connectivity index (χ0) is 21.7. The van der Waals surface area contributed by atoms with Crippen molar-refractivity contribution < 1.29 is 8.42 Å². The largest absolute Gasteiger partial charge is 0.358 e. The third-order valence-corrected chi connectivity index (χ3v) is 6.27. The normalized spacial score (nSPS) is 11.2. The van der Waals surface area contributed by atoms with Gasteiger partial charge in [-0.25, -0.2) is 13.6 Å². The summed E-state index contributed by atoms with van der Waals surface area (Å²) >= 11 is 17.8. The van der Waals surface area contributed by atoms with Crippen LogP contribution in [-0.4, -0.2) is 18.5 Å². The highest BCUT2D eigenvalue weighted by Crippen LogP contribution is 2.25. The summed E-state index contributed by atoms with van der Waals surface area (Å²) in [4.78, 5) is 5.86. The van der Waals surface area contributed by atoms with Gasteiger partial charge in [0.15, 0.2) is 5.11 Å². The lowest BCUT2D eigenvalue weighted by molar-refractivity contribution is 0.598. The van der Waals surface area contributed by atoms with E-state index in [1.165, 1.54) is 12.1 Å². The summed E-state index contributed by atoms with van der Waals surface area (Å²) < 4.78 is 23.1. The molecule has 3 aromatic rings. The number of anilines is 1. The van der Waals surface area contributed by atoms with Crippen LogP contribution in [0.25, 0.3) is 0 Å². The Morgan fingerprint density at radius 3 is 2.27 bits per heavy atom. The van der Waals surface area contributed by atoms with Crippen molar-refractivity contribution in [1.82, 2.24) is 10.3 Å². The second kappa shape index (κ2) is 9.72. The van der Waals surface area contributed by atoms with Crippen LogP contribution in [0, 0.1) is 0 Å². The molecule has 3 rings (SSSR count). The Balaban J connectivity index is 1.87. The smallest absolute Gasteiger partial charge is 0.238 e. The number of pyridine rings is 1. The van der Waals surface area contributed by atoms with E-state index >= 15 is 0 Å². The maximum absolute atomic E-state index is 11.6. The van der Waals surface area contributed by atoms with Crippen LogP contribution in [0.1, 0.15) is 11.1 Å². The minimum Gasteiger partial charge on any atom is -0.358 e. The fourth-order valence-corrected chi connectivity index (χ4v) is 3.77. The molecule has 0 saturated heterocycles. The maximum Gasteiger partial charge on any atom is 0.238 e. The molecule has 1 heterocycles. The standard InChI is InChI=1S/C20H18Cl2N4O2S2/c21-18-6-1-15(11-19(18)22)13-26(16-2-4-17(5-3-16)30(23,27)28)20(29)25-12-14-7-9-24-10-8-14/h1-11H,12-13H2,(H,25,29)(H2,23,27,28). The van der Waals surface area contributed by atoms with Gasteiger partial charge in [-0.15, -0.1) is 0 Å². The molecule has 156 valence electrons. The summed E-state index contributed by atoms with van der Waals surface area (Å²) in [6.07, 6.45) is 3.42. The molecule has 0 bridgehead atoms. The van der Waals surface area contributed by atoms with Crippen molar-refractivity contribution in [3.8, 4) is 0 Å². The van der Waals surface area contributed by atoms with Crippen molar-refractivity contribution in [3.63, 3.8) is 0 Å². The lowest BCUT2D eigenvalue weighted by atomic mass is 10.2. The summed E-state index contributed by atoms with van der Waals surface area (Å²) in [5.41, 5.74) is 2.60. The van der Waals surface area contributed by atoms with Gasteiger partial charge in [0.25, 0.3) is 0 Å². The van der Waals surface area contributed by atoms with Crippen LogP contribution in [0.3, 0.4) is 0 Å². The number of nitrogens with two attached hydrogens (primary N) is 1. The number of hydrogen-bond donors (Lipinski definition) is 2. The predicted molar refractivity (Wildman–Crippen MR) is 124 cm³/mol. The first kappa shape index (κ1) is 22.5.